The molecule has 0 bridgehead atoms. The summed E-state index contributed by atoms with van der Waals surface area (Å²) in [6.07, 6.45) is 7.30. The predicted molar refractivity (Wildman–Crippen MR) is 99.8 cm³/mol. The fourth-order valence-electron chi connectivity index (χ4n) is 3.45. The van der Waals surface area contributed by atoms with E-state index in [2.05, 4.69) is 28.4 Å². The molecule has 0 aliphatic heterocycles. The Balaban J connectivity index is 1.67. The van der Waals surface area contributed by atoms with Gasteiger partial charge in [-0.3, -0.25) is 0 Å². The highest BCUT2D eigenvalue weighted by molar-refractivity contribution is 5.76. The Morgan fingerprint density at radius 2 is 2.23 bits per heavy atom. The van der Waals surface area contributed by atoms with Crippen LogP contribution in [0.5, 0.6) is 0 Å². The summed E-state index contributed by atoms with van der Waals surface area (Å²) in [4.78, 5) is 16.7. The highest BCUT2D eigenvalue weighted by atomic mass is 16.5. The molecule has 2 heterocycles. The van der Waals surface area contributed by atoms with E-state index >= 15 is 0 Å². The molecule has 2 aromatic heterocycles. The van der Waals surface area contributed by atoms with Gasteiger partial charge in [-0.1, -0.05) is 32.4 Å². The van der Waals surface area contributed by atoms with Crippen LogP contribution in [0.1, 0.15) is 50.8 Å². The molecule has 0 spiro atoms. The molecule has 6 heteroatoms. The number of hydrogen-bond donors (Lipinski definition) is 1. The molecular formula is C20H27N4O2-. The molecule has 3 rings (SSSR count). The molecule has 0 saturated heterocycles. The Morgan fingerprint density at radius 3 is 2.88 bits per heavy atom. The summed E-state index contributed by atoms with van der Waals surface area (Å²) in [5.74, 6) is 2.13. The van der Waals surface area contributed by atoms with Gasteiger partial charge in [0.1, 0.15) is 0 Å². The zero-order valence-corrected chi connectivity index (χ0v) is 15.7. The molecule has 0 radical (unpaired) electrons. The van der Waals surface area contributed by atoms with E-state index in [0.717, 1.165) is 18.5 Å². The molecular weight excluding hydrogens is 328 g/mol. The second-order valence-electron chi connectivity index (χ2n) is 6.59. The van der Waals surface area contributed by atoms with Crippen LogP contribution in [0.4, 0.5) is 4.79 Å². The lowest BCUT2D eigenvalue weighted by Gasteiger charge is -2.16. The van der Waals surface area contributed by atoms with Gasteiger partial charge in [0.05, 0.1) is 18.3 Å². The van der Waals surface area contributed by atoms with Gasteiger partial charge in [-0.25, -0.2) is 4.79 Å². The number of carbonyl (C=O) groups excluding carboxylic acids is 1. The van der Waals surface area contributed by atoms with Gasteiger partial charge in [0.2, 0.25) is 0 Å². The van der Waals surface area contributed by atoms with Crippen molar-refractivity contribution in [1.82, 2.24) is 20.1 Å². The molecule has 6 nitrogen and oxygen atoms in total. The lowest BCUT2D eigenvalue weighted by Crippen LogP contribution is -2.40. The maximum Gasteiger partial charge on any atom is 0.342 e. The Labute approximate surface area is 155 Å². The number of hydrogen-bond acceptors (Lipinski definition) is 4. The van der Waals surface area contributed by atoms with Gasteiger partial charge in [0, 0.05) is 12.8 Å². The summed E-state index contributed by atoms with van der Waals surface area (Å²) >= 11 is 0. The van der Waals surface area contributed by atoms with Gasteiger partial charge in [0.15, 0.2) is 0 Å². The van der Waals surface area contributed by atoms with Crippen molar-refractivity contribution in [3.63, 3.8) is 0 Å². The minimum Gasteiger partial charge on any atom is -0.380 e. The van der Waals surface area contributed by atoms with E-state index in [1.807, 2.05) is 32.2 Å². The lowest BCUT2D eigenvalue weighted by atomic mass is 10.1. The normalized spacial score (nSPS) is 20.0. The minimum absolute atomic E-state index is 0.00284. The first kappa shape index (κ1) is 18.5. The summed E-state index contributed by atoms with van der Waals surface area (Å²) in [6, 6.07) is 5.78. The van der Waals surface area contributed by atoms with E-state index in [0.29, 0.717) is 19.1 Å². The highest BCUT2D eigenvalue weighted by Gasteiger charge is 2.45. The van der Waals surface area contributed by atoms with Gasteiger partial charge >= 0.3 is 6.03 Å². The molecule has 1 saturated carbocycles. The van der Waals surface area contributed by atoms with E-state index in [4.69, 9.17) is 4.74 Å². The number of ether oxygens (including phenoxy) is 1. The average Bonchev–Trinajstić information content (AvgIpc) is 3.21. The topological polar surface area (TPSA) is 69.0 Å². The van der Waals surface area contributed by atoms with E-state index in [9.17, 15) is 4.79 Å². The summed E-state index contributed by atoms with van der Waals surface area (Å²) in [5, 5.41) is 7.51. The van der Waals surface area contributed by atoms with Crippen molar-refractivity contribution in [3.8, 4) is 0 Å². The number of carbonyl (C=O) groups is 1. The number of aromatic nitrogens is 3. The zero-order valence-electron chi connectivity index (χ0n) is 15.7. The van der Waals surface area contributed by atoms with Crippen LogP contribution in [-0.2, 0) is 4.74 Å². The van der Waals surface area contributed by atoms with Crippen LogP contribution >= 0.6 is 0 Å². The SMILES string of the molecule is CCOCC(CC)NC(=O)n1ccc(C2[C-](c3cccnc3)C2CC)n1. The van der Waals surface area contributed by atoms with E-state index in [-0.39, 0.29) is 18.0 Å². The Morgan fingerprint density at radius 1 is 1.38 bits per heavy atom. The molecule has 0 aromatic carbocycles. The largest absolute Gasteiger partial charge is 0.380 e. The van der Waals surface area contributed by atoms with Crippen molar-refractivity contribution in [2.75, 3.05) is 13.2 Å². The van der Waals surface area contributed by atoms with Crippen molar-refractivity contribution in [1.29, 1.82) is 0 Å². The van der Waals surface area contributed by atoms with Gasteiger partial charge in [-0.05, 0) is 31.5 Å². The first-order valence-electron chi connectivity index (χ1n) is 9.40. The maximum absolute atomic E-state index is 12.5. The molecule has 140 valence electrons. The van der Waals surface area contributed by atoms with Gasteiger partial charge < -0.3 is 15.0 Å². The number of nitrogens with zero attached hydrogens (tertiary/aromatic N) is 3. The predicted octanol–water partition coefficient (Wildman–Crippen LogP) is 3.40. The van der Waals surface area contributed by atoms with E-state index < -0.39 is 0 Å². The first-order chi connectivity index (χ1) is 12.7. The summed E-state index contributed by atoms with van der Waals surface area (Å²) in [5.41, 5.74) is 2.12. The quantitative estimate of drug-likeness (QED) is 0.737. The van der Waals surface area contributed by atoms with Gasteiger partial charge in [0.25, 0.3) is 0 Å². The lowest BCUT2D eigenvalue weighted by molar-refractivity contribution is 0.122. The second kappa shape index (κ2) is 8.36. The molecule has 1 aliphatic carbocycles. The molecule has 1 fully saturated rings. The standard InChI is InChI=1S/C20H27N4O2/c1-4-15(13-26-6-3)22-20(25)24-11-9-17(23-24)19-16(5-2)18(19)14-8-7-10-21-12-14/h7-12,15-16,19H,4-6,13H2,1-3H3,(H,22,25)/q-1. The Bertz CT molecular complexity index is 716. The van der Waals surface area contributed by atoms with Crippen LogP contribution in [0.2, 0.25) is 0 Å². The Hall–Kier alpha value is -2.34. The highest BCUT2D eigenvalue weighted by Crippen LogP contribution is 2.60. The summed E-state index contributed by atoms with van der Waals surface area (Å²) < 4.78 is 6.81. The van der Waals surface area contributed by atoms with Gasteiger partial charge in [-0.15, -0.1) is 6.07 Å². The molecule has 3 atom stereocenters. The molecule has 2 aromatic rings. The van der Waals surface area contributed by atoms with Crippen LogP contribution in [-0.4, -0.2) is 40.1 Å². The maximum atomic E-state index is 12.5. The molecule has 3 unspecified atom stereocenters. The molecule has 26 heavy (non-hydrogen) atoms. The number of amides is 1. The van der Waals surface area contributed by atoms with Crippen LogP contribution < -0.4 is 5.32 Å². The molecule has 1 amide bonds. The van der Waals surface area contributed by atoms with Crippen molar-refractivity contribution in [3.05, 3.63) is 54.0 Å². The zero-order chi connectivity index (χ0) is 18.5. The number of rotatable bonds is 8. The Kier molecular flexibility index (Phi) is 5.93. The molecule has 1 N–H and O–H groups in total. The van der Waals surface area contributed by atoms with Crippen LogP contribution in [0.15, 0.2) is 36.8 Å². The monoisotopic (exact) mass is 355 g/mol. The number of nitrogens with one attached hydrogen (secondary N) is 1. The summed E-state index contributed by atoms with van der Waals surface area (Å²) in [6.45, 7) is 7.33. The minimum atomic E-state index is -0.209. The van der Waals surface area contributed by atoms with E-state index in [1.54, 1.807) is 12.4 Å². The summed E-state index contributed by atoms with van der Waals surface area (Å²) in [7, 11) is 0. The van der Waals surface area contributed by atoms with Crippen molar-refractivity contribution in [2.45, 2.75) is 45.6 Å². The van der Waals surface area contributed by atoms with Crippen molar-refractivity contribution >= 4 is 6.03 Å². The number of pyridine rings is 1. The first-order valence-corrected chi connectivity index (χ1v) is 9.40. The second-order valence-corrected chi connectivity index (χ2v) is 6.59. The van der Waals surface area contributed by atoms with E-state index in [1.165, 1.54) is 16.2 Å². The van der Waals surface area contributed by atoms with Crippen molar-refractivity contribution < 1.29 is 9.53 Å². The smallest absolute Gasteiger partial charge is 0.342 e. The van der Waals surface area contributed by atoms with Crippen LogP contribution in [0.25, 0.3) is 0 Å². The molecule has 1 aliphatic rings. The van der Waals surface area contributed by atoms with Crippen LogP contribution in [0, 0.1) is 11.8 Å². The average molecular weight is 355 g/mol. The van der Waals surface area contributed by atoms with Crippen LogP contribution in [0.3, 0.4) is 0 Å². The van der Waals surface area contributed by atoms with Gasteiger partial charge in [-0.2, -0.15) is 27.3 Å². The third-order valence-electron chi connectivity index (χ3n) is 4.94. The third-order valence-corrected chi connectivity index (χ3v) is 4.94. The third kappa shape index (κ3) is 3.90. The fourth-order valence-corrected chi connectivity index (χ4v) is 3.45. The fraction of sp³-hybridized carbons (Fsp3) is 0.500. The van der Waals surface area contributed by atoms with Crippen molar-refractivity contribution in [2.24, 2.45) is 5.92 Å².